The van der Waals surface area contributed by atoms with Crippen molar-refractivity contribution in [1.82, 2.24) is 10.3 Å². The topological polar surface area (TPSA) is 42.0 Å². The quantitative estimate of drug-likeness (QED) is 0.758. The molecule has 1 heterocycles. The summed E-state index contributed by atoms with van der Waals surface area (Å²) in [7, 11) is 0. The highest BCUT2D eigenvalue weighted by molar-refractivity contribution is 7.13. The van der Waals surface area contributed by atoms with Crippen LogP contribution in [0.15, 0.2) is 53.9 Å². The molecule has 1 amide bonds. The Morgan fingerprint density at radius 3 is 2.67 bits per heavy atom. The number of hydrogen-bond donors (Lipinski definition) is 1. The van der Waals surface area contributed by atoms with Gasteiger partial charge in [-0.05, 0) is 12.1 Å². The molecule has 24 heavy (non-hydrogen) atoms. The highest BCUT2D eigenvalue weighted by atomic mass is 32.1. The number of benzene rings is 2. The summed E-state index contributed by atoms with van der Waals surface area (Å²) < 4.78 is 26.7. The average Bonchev–Trinajstić information content (AvgIpc) is 3.07. The lowest BCUT2D eigenvalue weighted by Gasteiger charge is -2.05. The van der Waals surface area contributed by atoms with E-state index in [2.05, 4.69) is 10.3 Å². The summed E-state index contributed by atoms with van der Waals surface area (Å²) in [6.45, 7) is 0.298. The molecule has 3 aromatic rings. The molecule has 0 aliphatic heterocycles. The van der Waals surface area contributed by atoms with Crippen LogP contribution in [0.2, 0.25) is 0 Å². The Morgan fingerprint density at radius 2 is 1.88 bits per heavy atom. The van der Waals surface area contributed by atoms with Gasteiger partial charge >= 0.3 is 0 Å². The van der Waals surface area contributed by atoms with Crippen LogP contribution >= 0.6 is 11.3 Å². The fourth-order valence-electron chi connectivity index (χ4n) is 2.21. The molecule has 2 aromatic carbocycles. The highest BCUT2D eigenvalue weighted by Gasteiger charge is 2.14. The Balaban J connectivity index is 1.58. The van der Waals surface area contributed by atoms with E-state index >= 15 is 0 Å². The smallest absolute Gasteiger partial charge is 0.254 e. The minimum atomic E-state index is -1.13. The molecule has 0 spiro atoms. The highest BCUT2D eigenvalue weighted by Crippen LogP contribution is 2.23. The number of carbonyl (C=O) groups excluding carboxylic acids is 1. The third-order valence-corrected chi connectivity index (χ3v) is 4.38. The number of carbonyl (C=O) groups is 1. The summed E-state index contributed by atoms with van der Waals surface area (Å²) in [5.41, 5.74) is 1.59. The molecule has 3 rings (SSSR count). The Hall–Kier alpha value is -2.60. The van der Waals surface area contributed by atoms with Crippen molar-refractivity contribution in [3.8, 4) is 10.6 Å². The zero-order chi connectivity index (χ0) is 16.9. The number of aromatic nitrogens is 1. The predicted molar refractivity (Wildman–Crippen MR) is 89.9 cm³/mol. The summed E-state index contributed by atoms with van der Waals surface area (Å²) in [4.78, 5) is 16.4. The molecule has 0 aliphatic carbocycles. The summed E-state index contributed by atoms with van der Waals surface area (Å²) in [6.07, 6.45) is 0.520. The second-order valence-corrected chi connectivity index (χ2v) is 5.98. The summed E-state index contributed by atoms with van der Waals surface area (Å²) in [6, 6.07) is 13.3. The maximum atomic E-state index is 13.5. The molecule has 1 aromatic heterocycles. The molecule has 0 bridgehead atoms. The Kier molecular flexibility index (Phi) is 4.96. The van der Waals surface area contributed by atoms with Crippen molar-refractivity contribution in [1.29, 1.82) is 0 Å². The molecule has 0 radical (unpaired) electrons. The Labute approximate surface area is 142 Å². The summed E-state index contributed by atoms with van der Waals surface area (Å²) >= 11 is 1.53. The summed E-state index contributed by atoms with van der Waals surface area (Å²) in [5, 5.41) is 5.42. The number of nitrogens with zero attached hydrogens (tertiary/aromatic N) is 1. The van der Waals surface area contributed by atoms with Crippen LogP contribution in [-0.4, -0.2) is 17.4 Å². The van der Waals surface area contributed by atoms with Gasteiger partial charge in [-0.3, -0.25) is 4.79 Å². The van der Waals surface area contributed by atoms with Gasteiger partial charge in [0.25, 0.3) is 5.91 Å². The SMILES string of the molecule is O=C(NCCc1csc(-c2ccccc2)n1)c1cccc(F)c1F. The molecule has 0 aliphatic rings. The van der Waals surface area contributed by atoms with E-state index in [0.29, 0.717) is 13.0 Å². The predicted octanol–water partition coefficient (Wildman–Crippen LogP) is 4.06. The molecule has 0 unspecified atom stereocenters. The molecule has 0 saturated heterocycles. The zero-order valence-electron chi connectivity index (χ0n) is 12.6. The standard InChI is InChI=1S/C18H14F2N2OS/c19-15-8-4-7-14(16(15)20)17(23)21-10-9-13-11-24-18(22-13)12-5-2-1-3-6-12/h1-8,11H,9-10H2,(H,21,23). The van der Waals surface area contributed by atoms with Gasteiger partial charge in [0.05, 0.1) is 11.3 Å². The van der Waals surface area contributed by atoms with Gasteiger partial charge in [-0.25, -0.2) is 13.8 Å². The van der Waals surface area contributed by atoms with E-state index in [1.54, 1.807) is 0 Å². The fourth-order valence-corrected chi connectivity index (χ4v) is 3.07. The van der Waals surface area contributed by atoms with Gasteiger partial charge in [0, 0.05) is 23.9 Å². The van der Waals surface area contributed by atoms with Gasteiger partial charge in [0.15, 0.2) is 11.6 Å². The van der Waals surface area contributed by atoms with Gasteiger partial charge in [-0.15, -0.1) is 11.3 Å². The van der Waals surface area contributed by atoms with Gasteiger partial charge in [0.1, 0.15) is 5.01 Å². The largest absolute Gasteiger partial charge is 0.352 e. The van der Waals surface area contributed by atoms with Crippen LogP contribution in [0, 0.1) is 11.6 Å². The Bertz CT molecular complexity index is 849. The van der Waals surface area contributed by atoms with Crippen molar-refractivity contribution in [3.05, 3.63) is 76.8 Å². The molecule has 0 atom stereocenters. The first-order valence-corrected chi connectivity index (χ1v) is 8.25. The Morgan fingerprint density at radius 1 is 1.08 bits per heavy atom. The van der Waals surface area contributed by atoms with Crippen LogP contribution in [0.5, 0.6) is 0 Å². The van der Waals surface area contributed by atoms with Crippen molar-refractivity contribution < 1.29 is 13.6 Å². The fraction of sp³-hybridized carbons (Fsp3) is 0.111. The van der Waals surface area contributed by atoms with Crippen molar-refractivity contribution >= 4 is 17.2 Å². The van der Waals surface area contributed by atoms with Gasteiger partial charge in [-0.2, -0.15) is 0 Å². The number of amides is 1. The van der Waals surface area contributed by atoms with E-state index in [9.17, 15) is 13.6 Å². The zero-order valence-corrected chi connectivity index (χ0v) is 13.4. The second-order valence-electron chi connectivity index (χ2n) is 5.12. The van der Waals surface area contributed by atoms with Crippen LogP contribution < -0.4 is 5.32 Å². The first-order chi connectivity index (χ1) is 11.6. The molecule has 3 nitrogen and oxygen atoms in total. The third kappa shape index (κ3) is 3.65. The number of halogens is 2. The number of rotatable bonds is 5. The van der Waals surface area contributed by atoms with E-state index in [1.165, 1.54) is 23.5 Å². The summed E-state index contributed by atoms with van der Waals surface area (Å²) in [5.74, 6) is -2.80. The molecule has 0 fully saturated rings. The van der Waals surface area contributed by atoms with E-state index in [0.717, 1.165) is 22.3 Å². The van der Waals surface area contributed by atoms with E-state index < -0.39 is 17.5 Å². The third-order valence-electron chi connectivity index (χ3n) is 3.44. The maximum Gasteiger partial charge on any atom is 0.254 e. The van der Waals surface area contributed by atoms with Crippen molar-refractivity contribution in [2.45, 2.75) is 6.42 Å². The van der Waals surface area contributed by atoms with Crippen LogP contribution in [0.4, 0.5) is 8.78 Å². The van der Waals surface area contributed by atoms with Crippen LogP contribution in [0.25, 0.3) is 10.6 Å². The molecule has 122 valence electrons. The van der Waals surface area contributed by atoms with E-state index in [4.69, 9.17) is 0 Å². The lowest BCUT2D eigenvalue weighted by molar-refractivity contribution is 0.0949. The van der Waals surface area contributed by atoms with E-state index in [-0.39, 0.29) is 5.56 Å². The van der Waals surface area contributed by atoms with Crippen molar-refractivity contribution in [2.75, 3.05) is 6.54 Å². The normalized spacial score (nSPS) is 10.6. The molecular formula is C18H14F2N2OS. The minimum absolute atomic E-state index is 0.293. The molecular weight excluding hydrogens is 330 g/mol. The molecule has 1 N–H and O–H groups in total. The first-order valence-electron chi connectivity index (χ1n) is 7.37. The van der Waals surface area contributed by atoms with Crippen LogP contribution in [0.1, 0.15) is 16.1 Å². The average molecular weight is 344 g/mol. The van der Waals surface area contributed by atoms with Gasteiger partial charge < -0.3 is 5.32 Å². The lowest BCUT2D eigenvalue weighted by atomic mass is 10.2. The molecule has 0 saturated carbocycles. The number of thiazole rings is 1. The van der Waals surface area contributed by atoms with Crippen molar-refractivity contribution in [3.63, 3.8) is 0 Å². The van der Waals surface area contributed by atoms with Crippen LogP contribution in [-0.2, 0) is 6.42 Å². The first kappa shape index (κ1) is 16.3. The van der Waals surface area contributed by atoms with Gasteiger partial charge in [0.2, 0.25) is 0 Å². The van der Waals surface area contributed by atoms with Gasteiger partial charge in [-0.1, -0.05) is 36.4 Å². The monoisotopic (exact) mass is 344 g/mol. The minimum Gasteiger partial charge on any atom is -0.352 e. The van der Waals surface area contributed by atoms with Crippen LogP contribution in [0.3, 0.4) is 0 Å². The second kappa shape index (κ2) is 7.31. The maximum absolute atomic E-state index is 13.5. The molecule has 6 heteroatoms. The number of nitrogens with one attached hydrogen (secondary N) is 1. The number of hydrogen-bond acceptors (Lipinski definition) is 3. The van der Waals surface area contributed by atoms with Crippen molar-refractivity contribution in [2.24, 2.45) is 0 Å². The lowest BCUT2D eigenvalue weighted by Crippen LogP contribution is -2.26. The van der Waals surface area contributed by atoms with E-state index in [1.807, 2.05) is 35.7 Å².